The molecule has 0 radical (unpaired) electrons. The van der Waals surface area contributed by atoms with Crippen molar-refractivity contribution in [2.24, 2.45) is 0 Å². The Balaban J connectivity index is 3.06. The number of hydrogen-bond donors (Lipinski definition) is 1. The molecule has 21 heavy (non-hydrogen) atoms. The molecule has 0 saturated carbocycles. The molecule has 5 nitrogen and oxygen atoms in total. The van der Waals surface area contributed by atoms with E-state index in [-0.39, 0.29) is 4.90 Å². The lowest BCUT2D eigenvalue weighted by molar-refractivity contribution is 0.0636. The van der Waals surface area contributed by atoms with Gasteiger partial charge in [-0.2, -0.15) is 0 Å². The zero-order valence-electron chi connectivity index (χ0n) is 12.7. The second-order valence-corrected chi connectivity index (χ2v) is 9.19. The highest BCUT2D eigenvalue weighted by atomic mass is 79.9. The number of halogens is 1. The minimum atomic E-state index is -3.44. The molecule has 0 heterocycles. The lowest BCUT2D eigenvalue weighted by Gasteiger charge is -2.20. The molecule has 0 aliphatic carbocycles. The fraction of sp³-hybridized carbons (Fsp3) is 0.500. The lowest BCUT2D eigenvalue weighted by atomic mass is 10.2. The van der Waals surface area contributed by atoms with Crippen molar-refractivity contribution < 1.29 is 17.9 Å². The number of carbonyl (C=O) groups is 1. The summed E-state index contributed by atoms with van der Waals surface area (Å²) in [5.74, 6) is 0. The maximum absolute atomic E-state index is 12.2. The molecule has 0 atom stereocenters. The largest absolute Gasteiger partial charge is 0.444 e. The molecule has 0 aliphatic rings. The molecule has 0 fully saturated rings. The first kappa shape index (κ1) is 18.0. The van der Waals surface area contributed by atoms with E-state index in [0.29, 0.717) is 10.2 Å². The molecule has 1 amide bonds. The number of anilines is 1. The summed E-state index contributed by atoms with van der Waals surface area (Å²) >= 11 is 3.23. The third kappa shape index (κ3) is 5.00. The van der Waals surface area contributed by atoms with Gasteiger partial charge < -0.3 is 4.74 Å². The molecule has 118 valence electrons. The van der Waals surface area contributed by atoms with Gasteiger partial charge in [-0.05, 0) is 68.7 Å². The number of amides is 1. The quantitative estimate of drug-likeness (QED) is 0.864. The Bertz CT molecular complexity index is 633. The Morgan fingerprint density at radius 1 is 1.29 bits per heavy atom. The fourth-order valence-electron chi connectivity index (χ4n) is 1.47. The molecule has 0 unspecified atom stereocenters. The summed E-state index contributed by atoms with van der Waals surface area (Å²) in [5.41, 5.74) is -0.251. The molecule has 1 rings (SSSR count). The van der Waals surface area contributed by atoms with E-state index in [1.54, 1.807) is 46.8 Å². The van der Waals surface area contributed by atoms with Gasteiger partial charge in [-0.1, -0.05) is 0 Å². The number of nitrogens with one attached hydrogen (secondary N) is 1. The number of sulfone groups is 1. The van der Waals surface area contributed by atoms with Crippen molar-refractivity contribution in [1.82, 2.24) is 0 Å². The van der Waals surface area contributed by atoms with Crippen LogP contribution in [0.5, 0.6) is 0 Å². The van der Waals surface area contributed by atoms with Gasteiger partial charge in [0.1, 0.15) is 5.60 Å². The summed E-state index contributed by atoms with van der Waals surface area (Å²) in [4.78, 5) is 11.9. The van der Waals surface area contributed by atoms with Crippen molar-refractivity contribution in [2.75, 3.05) is 5.32 Å². The maximum atomic E-state index is 12.2. The predicted octanol–water partition coefficient (Wildman–Crippen LogP) is 3.98. The summed E-state index contributed by atoms with van der Waals surface area (Å²) < 4.78 is 30.1. The van der Waals surface area contributed by atoms with Crippen LogP contribution in [0.15, 0.2) is 27.6 Å². The average molecular weight is 378 g/mol. The van der Waals surface area contributed by atoms with E-state index in [1.807, 2.05) is 0 Å². The SMILES string of the molecule is CC(C)S(=O)(=O)c1cc(NC(=O)OC(C)(C)C)ccc1Br. The van der Waals surface area contributed by atoms with Gasteiger partial charge in [0.05, 0.1) is 10.1 Å². The number of benzene rings is 1. The van der Waals surface area contributed by atoms with E-state index in [1.165, 1.54) is 6.07 Å². The fourth-order valence-corrected chi connectivity index (χ4v) is 3.54. The van der Waals surface area contributed by atoms with Gasteiger partial charge in [0.25, 0.3) is 0 Å². The number of carbonyl (C=O) groups excluding carboxylic acids is 1. The average Bonchev–Trinajstić information content (AvgIpc) is 2.28. The molecule has 7 heteroatoms. The molecule has 1 N–H and O–H groups in total. The summed E-state index contributed by atoms with van der Waals surface area (Å²) in [5, 5.41) is 1.98. The first-order chi connectivity index (χ1) is 9.43. The molecule has 0 spiro atoms. The Hall–Kier alpha value is -1.08. The van der Waals surface area contributed by atoms with Gasteiger partial charge in [-0.3, -0.25) is 5.32 Å². The predicted molar refractivity (Wildman–Crippen MR) is 86.3 cm³/mol. The van der Waals surface area contributed by atoms with Crippen LogP contribution >= 0.6 is 15.9 Å². The van der Waals surface area contributed by atoms with E-state index in [4.69, 9.17) is 4.74 Å². The lowest BCUT2D eigenvalue weighted by Crippen LogP contribution is -2.27. The maximum Gasteiger partial charge on any atom is 0.412 e. The Morgan fingerprint density at radius 3 is 2.33 bits per heavy atom. The summed E-state index contributed by atoms with van der Waals surface area (Å²) in [6.07, 6.45) is -0.627. The monoisotopic (exact) mass is 377 g/mol. The van der Waals surface area contributed by atoms with Crippen LogP contribution in [0.4, 0.5) is 10.5 Å². The first-order valence-electron chi connectivity index (χ1n) is 6.47. The van der Waals surface area contributed by atoms with Crippen molar-refractivity contribution in [3.63, 3.8) is 0 Å². The zero-order chi connectivity index (χ0) is 16.4. The van der Waals surface area contributed by atoms with Gasteiger partial charge in [-0.15, -0.1) is 0 Å². The van der Waals surface area contributed by atoms with E-state index >= 15 is 0 Å². The minimum Gasteiger partial charge on any atom is -0.444 e. The molecular weight excluding hydrogens is 358 g/mol. The number of ether oxygens (including phenoxy) is 1. The zero-order valence-corrected chi connectivity index (χ0v) is 15.1. The number of rotatable bonds is 3. The topological polar surface area (TPSA) is 72.5 Å². The highest BCUT2D eigenvalue weighted by Gasteiger charge is 2.23. The summed E-state index contributed by atoms with van der Waals surface area (Å²) in [6.45, 7) is 8.47. The smallest absolute Gasteiger partial charge is 0.412 e. The second-order valence-electron chi connectivity index (χ2n) is 5.87. The highest BCUT2D eigenvalue weighted by Crippen LogP contribution is 2.28. The van der Waals surface area contributed by atoms with Gasteiger partial charge in [-0.25, -0.2) is 13.2 Å². The third-order valence-corrected chi connectivity index (χ3v) is 5.65. The molecular formula is C14H20BrNO4S. The van der Waals surface area contributed by atoms with Crippen molar-refractivity contribution in [2.45, 2.75) is 50.4 Å². The van der Waals surface area contributed by atoms with Crippen molar-refractivity contribution >= 4 is 37.5 Å². The van der Waals surface area contributed by atoms with Crippen LogP contribution in [-0.2, 0) is 14.6 Å². The van der Waals surface area contributed by atoms with Crippen LogP contribution in [0.3, 0.4) is 0 Å². The first-order valence-corrected chi connectivity index (χ1v) is 8.81. The van der Waals surface area contributed by atoms with Crippen molar-refractivity contribution in [1.29, 1.82) is 0 Å². The molecule has 1 aromatic carbocycles. The molecule has 0 bridgehead atoms. The van der Waals surface area contributed by atoms with E-state index in [0.717, 1.165) is 0 Å². The standard InChI is InChI=1S/C14H20BrNO4S/c1-9(2)21(18,19)12-8-10(6-7-11(12)15)16-13(17)20-14(3,4)5/h6-9H,1-5H3,(H,16,17). The summed E-state index contributed by atoms with van der Waals surface area (Å²) in [7, 11) is -3.44. The van der Waals surface area contributed by atoms with Gasteiger partial charge in [0.15, 0.2) is 9.84 Å². The van der Waals surface area contributed by atoms with Gasteiger partial charge in [0, 0.05) is 10.2 Å². The Labute approximate surface area is 134 Å². The third-order valence-electron chi connectivity index (χ3n) is 2.50. The molecule has 0 saturated heterocycles. The normalized spacial score (nSPS) is 12.3. The molecule has 1 aromatic rings. The minimum absolute atomic E-state index is 0.144. The van der Waals surface area contributed by atoms with Crippen LogP contribution < -0.4 is 5.32 Å². The van der Waals surface area contributed by atoms with Crippen molar-refractivity contribution in [3.8, 4) is 0 Å². The molecule has 0 aliphatic heterocycles. The van der Waals surface area contributed by atoms with Crippen LogP contribution in [0.1, 0.15) is 34.6 Å². The van der Waals surface area contributed by atoms with Crippen LogP contribution in [-0.4, -0.2) is 25.4 Å². The van der Waals surface area contributed by atoms with Crippen LogP contribution in [0.25, 0.3) is 0 Å². The number of hydrogen-bond acceptors (Lipinski definition) is 4. The van der Waals surface area contributed by atoms with Crippen molar-refractivity contribution in [3.05, 3.63) is 22.7 Å². The Kier molecular flexibility index (Phi) is 5.44. The van der Waals surface area contributed by atoms with E-state index in [2.05, 4.69) is 21.2 Å². The van der Waals surface area contributed by atoms with E-state index in [9.17, 15) is 13.2 Å². The summed E-state index contributed by atoms with van der Waals surface area (Å²) in [6, 6.07) is 4.61. The van der Waals surface area contributed by atoms with Crippen LogP contribution in [0.2, 0.25) is 0 Å². The van der Waals surface area contributed by atoms with Gasteiger partial charge in [0.2, 0.25) is 0 Å². The highest BCUT2D eigenvalue weighted by molar-refractivity contribution is 9.10. The second kappa shape index (κ2) is 6.36. The van der Waals surface area contributed by atoms with E-state index < -0.39 is 26.8 Å². The van der Waals surface area contributed by atoms with Gasteiger partial charge >= 0.3 is 6.09 Å². The molecule has 0 aromatic heterocycles. The Morgan fingerprint density at radius 2 is 1.86 bits per heavy atom. The van der Waals surface area contributed by atoms with Crippen LogP contribution in [0, 0.1) is 0 Å².